The number of ether oxygens (including phenoxy) is 2. The molecule has 0 bridgehead atoms. The van der Waals surface area contributed by atoms with Crippen LogP contribution in [0.4, 0.5) is 5.69 Å². The Bertz CT molecular complexity index is 885. The van der Waals surface area contributed by atoms with Crippen LogP contribution in [0.1, 0.15) is 43.6 Å². The van der Waals surface area contributed by atoms with E-state index in [2.05, 4.69) is 31.4 Å². The van der Waals surface area contributed by atoms with Crippen molar-refractivity contribution in [1.29, 1.82) is 0 Å². The Kier molecular flexibility index (Phi) is 7.98. The number of rotatable bonds is 8. The molecule has 7 nitrogen and oxygen atoms in total. The number of nitrogens with one attached hydrogen (secondary N) is 2. The van der Waals surface area contributed by atoms with Crippen molar-refractivity contribution >= 4 is 23.5 Å². The van der Waals surface area contributed by atoms with E-state index in [-0.39, 0.29) is 17.9 Å². The molecule has 0 aliphatic carbocycles. The Balaban J connectivity index is 1.77. The first-order valence-electron chi connectivity index (χ1n) is 9.76. The van der Waals surface area contributed by atoms with Crippen LogP contribution in [0.15, 0.2) is 48.5 Å². The van der Waals surface area contributed by atoms with Gasteiger partial charge in [0, 0.05) is 17.8 Å². The number of carbonyl (C=O) groups excluding carboxylic acids is 3. The molecule has 0 unspecified atom stereocenters. The summed E-state index contributed by atoms with van der Waals surface area (Å²) in [6.45, 7) is 7.92. The number of anilines is 1. The van der Waals surface area contributed by atoms with Crippen molar-refractivity contribution in [2.24, 2.45) is 0 Å². The van der Waals surface area contributed by atoms with Crippen LogP contribution in [-0.2, 0) is 19.7 Å². The average Bonchev–Trinajstić information content (AvgIpc) is 2.71. The summed E-state index contributed by atoms with van der Waals surface area (Å²) in [5, 5.41) is 5.28. The van der Waals surface area contributed by atoms with Crippen molar-refractivity contribution in [1.82, 2.24) is 5.32 Å². The van der Waals surface area contributed by atoms with Crippen molar-refractivity contribution in [3.05, 3.63) is 59.7 Å². The minimum Gasteiger partial charge on any atom is -0.482 e. The molecule has 0 aliphatic rings. The molecule has 2 amide bonds. The maximum absolute atomic E-state index is 12.0. The normalized spacial score (nSPS) is 10.8. The topological polar surface area (TPSA) is 93.7 Å². The molecule has 2 aromatic rings. The highest BCUT2D eigenvalue weighted by molar-refractivity contribution is 5.97. The lowest BCUT2D eigenvalue weighted by atomic mass is 9.87. The molecule has 0 saturated carbocycles. The predicted molar refractivity (Wildman–Crippen MR) is 115 cm³/mol. The van der Waals surface area contributed by atoms with E-state index in [1.54, 1.807) is 36.4 Å². The van der Waals surface area contributed by atoms with Crippen molar-refractivity contribution in [2.45, 2.75) is 33.1 Å². The lowest BCUT2D eigenvalue weighted by molar-refractivity contribution is -0.149. The quantitative estimate of drug-likeness (QED) is 0.649. The maximum atomic E-state index is 12.0. The van der Waals surface area contributed by atoms with Crippen LogP contribution in [0.3, 0.4) is 0 Å². The second kappa shape index (κ2) is 10.4. The van der Waals surface area contributed by atoms with E-state index in [1.165, 1.54) is 0 Å². The van der Waals surface area contributed by atoms with Crippen LogP contribution in [0.2, 0.25) is 0 Å². The Morgan fingerprint density at radius 1 is 0.967 bits per heavy atom. The minimum atomic E-state index is -0.652. The van der Waals surface area contributed by atoms with Gasteiger partial charge in [0.1, 0.15) is 5.75 Å². The fraction of sp³-hybridized carbons (Fsp3) is 0.348. The third-order valence-corrected chi connectivity index (χ3v) is 4.19. The average molecular weight is 412 g/mol. The Hall–Kier alpha value is -3.35. The van der Waals surface area contributed by atoms with Crippen LogP contribution in [-0.4, -0.2) is 37.5 Å². The number of hydrogen-bond acceptors (Lipinski definition) is 5. The zero-order valence-corrected chi connectivity index (χ0v) is 17.8. The highest BCUT2D eigenvalue weighted by Gasteiger charge is 2.14. The van der Waals surface area contributed by atoms with Gasteiger partial charge in [-0.05, 0) is 48.2 Å². The summed E-state index contributed by atoms with van der Waals surface area (Å²) in [5.41, 5.74) is 2.06. The first-order chi connectivity index (χ1) is 14.2. The van der Waals surface area contributed by atoms with E-state index >= 15 is 0 Å². The molecule has 0 atom stereocenters. The second-order valence-corrected chi connectivity index (χ2v) is 7.71. The zero-order valence-electron chi connectivity index (χ0n) is 17.8. The van der Waals surface area contributed by atoms with Gasteiger partial charge in [-0.1, -0.05) is 39.0 Å². The maximum Gasteiger partial charge on any atom is 0.344 e. The van der Waals surface area contributed by atoms with Gasteiger partial charge in [-0.25, -0.2) is 4.79 Å². The fourth-order valence-electron chi connectivity index (χ4n) is 2.58. The molecule has 0 radical (unpaired) electrons. The van der Waals surface area contributed by atoms with Crippen molar-refractivity contribution in [2.75, 3.05) is 25.1 Å². The molecule has 0 spiro atoms. The van der Waals surface area contributed by atoms with E-state index in [0.29, 0.717) is 23.5 Å². The highest BCUT2D eigenvalue weighted by atomic mass is 16.6. The molecule has 7 heteroatoms. The molecule has 160 valence electrons. The summed E-state index contributed by atoms with van der Waals surface area (Å²) in [6, 6.07) is 14.0. The number of benzene rings is 2. The summed E-state index contributed by atoms with van der Waals surface area (Å²) >= 11 is 0. The molecule has 0 saturated heterocycles. The first kappa shape index (κ1) is 22.9. The molecular formula is C23H28N2O5. The Morgan fingerprint density at radius 3 is 2.30 bits per heavy atom. The van der Waals surface area contributed by atoms with Gasteiger partial charge in [-0.15, -0.1) is 0 Å². The van der Waals surface area contributed by atoms with Crippen molar-refractivity contribution in [3.63, 3.8) is 0 Å². The van der Waals surface area contributed by atoms with E-state index in [1.807, 2.05) is 19.1 Å². The van der Waals surface area contributed by atoms with Gasteiger partial charge in [-0.3, -0.25) is 9.59 Å². The smallest absolute Gasteiger partial charge is 0.344 e. The third-order valence-electron chi connectivity index (χ3n) is 4.19. The van der Waals surface area contributed by atoms with Gasteiger partial charge in [0.05, 0.1) is 0 Å². The standard InChI is InChI=1S/C23H28N2O5/c1-5-24-22(28)16-7-6-8-18(13-16)25-20(26)14-30-21(27)15-29-19-11-9-17(10-12-19)23(2,3)4/h6-13H,5,14-15H2,1-4H3,(H,24,28)(H,25,26). The van der Waals surface area contributed by atoms with Crippen LogP contribution >= 0.6 is 0 Å². The summed E-state index contributed by atoms with van der Waals surface area (Å²) in [4.78, 5) is 35.7. The summed E-state index contributed by atoms with van der Waals surface area (Å²) < 4.78 is 10.3. The Morgan fingerprint density at radius 2 is 1.67 bits per heavy atom. The van der Waals surface area contributed by atoms with Gasteiger partial charge < -0.3 is 20.1 Å². The van der Waals surface area contributed by atoms with Gasteiger partial charge in [0.2, 0.25) is 0 Å². The van der Waals surface area contributed by atoms with Crippen molar-refractivity contribution in [3.8, 4) is 5.75 Å². The van der Waals surface area contributed by atoms with E-state index in [4.69, 9.17) is 9.47 Å². The molecule has 0 aliphatic heterocycles. The lowest BCUT2D eigenvalue weighted by Gasteiger charge is -2.19. The first-order valence-corrected chi connectivity index (χ1v) is 9.76. The van der Waals surface area contributed by atoms with E-state index in [9.17, 15) is 14.4 Å². The number of amides is 2. The molecule has 2 N–H and O–H groups in total. The number of hydrogen-bond donors (Lipinski definition) is 2. The molecule has 30 heavy (non-hydrogen) atoms. The van der Waals surface area contributed by atoms with Crippen LogP contribution in [0, 0.1) is 0 Å². The minimum absolute atomic E-state index is 0.0319. The van der Waals surface area contributed by atoms with Gasteiger partial charge in [0.25, 0.3) is 11.8 Å². The summed E-state index contributed by atoms with van der Waals surface area (Å²) in [6.07, 6.45) is 0. The van der Waals surface area contributed by atoms with Gasteiger partial charge >= 0.3 is 5.97 Å². The number of carbonyl (C=O) groups is 3. The summed E-state index contributed by atoms with van der Waals surface area (Å²) in [7, 11) is 0. The largest absolute Gasteiger partial charge is 0.482 e. The molecule has 0 fully saturated rings. The monoisotopic (exact) mass is 412 g/mol. The second-order valence-electron chi connectivity index (χ2n) is 7.71. The SMILES string of the molecule is CCNC(=O)c1cccc(NC(=O)COC(=O)COc2ccc(C(C)(C)C)cc2)c1. The fourth-order valence-corrected chi connectivity index (χ4v) is 2.58. The van der Waals surface area contributed by atoms with E-state index in [0.717, 1.165) is 5.56 Å². The van der Waals surface area contributed by atoms with Gasteiger partial charge in [-0.2, -0.15) is 0 Å². The summed E-state index contributed by atoms with van der Waals surface area (Å²) in [5.74, 6) is -0.841. The van der Waals surface area contributed by atoms with Crippen molar-refractivity contribution < 1.29 is 23.9 Å². The molecule has 2 aromatic carbocycles. The Labute approximate surface area is 176 Å². The van der Waals surface area contributed by atoms with Crippen LogP contribution in [0.5, 0.6) is 5.75 Å². The zero-order chi connectivity index (χ0) is 22.1. The van der Waals surface area contributed by atoms with Gasteiger partial charge in [0.15, 0.2) is 13.2 Å². The van der Waals surface area contributed by atoms with Crippen LogP contribution < -0.4 is 15.4 Å². The van der Waals surface area contributed by atoms with Crippen LogP contribution in [0.25, 0.3) is 0 Å². The lowest BCUT2D eigenvalue weighted by Crippen LogP contribution is -2.24. The molecule has 0 heterocycles. The molecule has 0 aromatic heterocycles. The van der Waals surface area contributed by atoms with E-state index < -0.39 is 18.5 Å². The molecular weight excluding hydrogens is 384 g/mol. The third kappa shape index (κ3) is 7.24. The highest BCUT2D eigenvalue weighted by Crippen LogP contribution is 2.24. The number of esters is 1. The molecule has 2 rings (SSSR count). The predicted octanol–water partition coefficient (Wildman–Crippen LogP) is 3.29.